The molecule has 0 aromatic heterocycles. The smallest absolute Gasteiger partial charge is 0.326 e. The minimum atomic E-state index is -0.730. The summed E-state index contributed by atoms with van der Waals surface area (Å²) in [5.41, 5.74) is 4.41. The molecule has 0 spiro atoms. The highest BCUT2D eigenvalue weighted by Gasteiger charge is 1.75. The first kappa shape index (κ1) is 10.8. The Morgan fingerprint density at radius 3 is 1.88 bits per heavy atom. The number of nitrogens with one attached hydrogen (secondary N) is 1. The summed E-state index contributed by atoms with van der Waals surface area (Å²) in [6.07, 6.45) is 4.08. The molecule has 8 heavy (non-hydrogen) atoms. The number of hydrogen-bond donors (Lipinski definition) is 2. The number of halogens is 1. The van der Waals surface area contributed by atoms with Crippen LogP contribution in [0.5, 0.6) is 0 Å². The first-order valence-electron chi connectivity index (χ1n) is 1.75. The van der Waals surface area contributed by atoms with Crippen LogP contribution in [-0.2, 0) is 0 Å². The van der Waals surface area contributed by atoms with Crippen LogP contribution in [0.2, 0.25) is 0 Å². The van der Waals surface area contributed by atoms with Gasteiger partial charge in [0.25, 0.3) is 0 Å². The minimum absolute atomic E-state index is 0.730. The Hall–Kier alpha value is -0.0900. The lowest BCUT2D eigenvalue weighted by molar-refractivity contribution is 0.254. The van der Waals surface area contributed by atoms with Crippen molar-refractivity contribution >= 4 is 29.6 Å². The third kappa shape index (κ3) is 39.1. The van der Waals surface area contributed by atoms with Gasteiger partial charge in [-0.05, 0) is 12.5 Å². The largest absolute Gasteiger partial charge is 0.351 e. The fourth-order valence-electron chi connectivity index (χ4n) is 0. The Morgan fingerprint density at radius 2 is 1.88 bits per heavy atom. The fourth-order valence-corrected chi connectivity index (χ4v) is 0. The molecule has 3 N–H and O–H groups in total. The molecule has 50 valence electrons. The number of amides is 2. The maximum atomic E-state index is 9.35. The van der Waals surface area contributed by atoms with Gasteiger partial charge in [0.2, 0.25) is 0 Å². The van der Waals surface area contributed by atoms with Crippen molar-refractivity contribution in [2.24, 2.45) is 5.73 Å². The van der Waals surface area contributed by atoms with E-state index in [9.17, 15) is 4.79 Å². The summed E-state index contributed by atoms with van der Waals surface area (Å²) in [5, 5.41) is 0. The molecule has 0 saturated heterocycles. The summed E-state index contributed by atoms with van der Waals surface area (Å²) in [4.78, 5) is 11.0. The van der Waals surface area contributed by atoms with Crippen LogP contribution in [-0.4, -0.2) is 18.5 Å². The zero-order chi connectivity index (χ0) is 6.99. The van der Waals surface area contributed by atoms with Crippen LogP contribution in [0.4, 0.5) is 4.79 Å². The van der Waals surface area contributed by atoms with Crippen molar-refractivity contribution in [1.82, 2.24) is 4.84 Å². The quantitative estimate of drug-likeness (QED) is 0.510. The number of thioether (sulfide) groups is 1. The molecule has 0 aromatic rings. The first-order chi connectivity index (χ1) is 3.68. The lowest BCUT2D eigenvalue weighted by atomic mass is 11.2. The molecule has 0 heterocycles. The molecule has 0 aliphatic heterocycles. The second-order valence-electron chi connectivity index (χ2n) is 0.867. The van der Waals surface area contributed by atoms with E-state index in [1.807, 2.05) is 12.5 Å². The van der Waals surface area contributed by atoms with Gasteiger partial charge in [-0.3, -0.25) is 4.84 Å². The zero-order valence-electron chi connectivity index (χ0n) is 4.77. The Labute approximate surface area is 58.1 Å². The average molecular weight is 157 g/mol. The van der Waals surface area contributed by atoms with Gasteiger partial charge in [-0.15, -0.1) is 0 Å². The summed E-state index contributed by atoms with van der Waals surface area (Å²) >= 11 is 6.36. The first-order valence-corrected chi connectivity index (χ1v) is 3.76. The topological polar surface area (TPSA) is 55.1 Å². The van der Waals surface area contributed by atoms with Gasteiger partial charge in [0, 0.05) is 11.8 Å². The van der Waals surface area contributed by atoms with E-state index in [1.165, 1.54) is 0 Å². The molecule has 2 amide bonds. The number of carbonyl (C=O) groups is 1. The van der Waals surface area contributed by atoms with E-state index in [0.717, 1.165) is 0 Å². The Morgan fingerprint density at radius 1 is 1.75 bits per heavy atom. The SMILES string of the molecule is CSC.NC(=O)NCl. The highest BCUT2D eigenvalue weighted by atomic mass is 35.5. The molecule has 0 fully saturated rings. The van der Waals surface area contributed by atoms with Crippen LogP contribution < -0.4 is 10.6 Å². The molecule has 0 radical (unpaired) electrons. The van der Waals surface area contributed by atoms with Gasteiger partial charge in [0.15, 0.2) is 0 Å². The minimum Gasteiger partial charge on any atom is -0.351 e. The summed E-state index contributed by atoms with van der Waals surface area (Å²) < 4.78 is 0. The molecule has 0 rings (SSSR count). The van der Waals surface area contributed by atoms with Gasteiger partial charge in [-0.1, -0.05) is 0 Å². The monoisotopic (exact) mass is 156 g/mol. The van der Waals surface area contributed by atoms with E-state index in [2.05, 4.69) is 17.5 Å². The van der Waals surface area contributed by atoms with Crippen LogP contribution in [0, 0.1) is 0 Å². The Kier molecular flexibility index (Phi) is 13.5. The molecule has 5 heteroatoms. The van der Waals surface area contributed by atoms with Crippen molar-refractivity contribution in [1.29, 1.82) is 0 Å². The summed E-state index contributed by atoms with van der Waals surface area (Å²) in [6.45, 7) is 0. The highest BCUT2D eigenvalue weighted by molar-refractivity contribution is 7.97. The van der Waals surface area contributed by atoms with Crippen molar-refractivity contribution in [2.75, 3.05) is 12.5 Å². The number of primary amides is 1. The highest BCUT2D eigenvalue weighted by Crippen LogP contribution is 1.70. The van der Waals surface area contributed by atoms with Crippen molar-refractivity contribution < 1.29 is 4.79 Å². The van der Waals surface area contributed by atoms with Crippen molar-refractivity contribution in [3.05, 3.63) is 0 Å². The van der Waals surface area contributed by atoms with Gasteiger partial charge in [-0.2, -0.15) is 11.8 Å². The van der Waals surface area contributed by atoms with Gasteiger partial charge in [0.05, 0.1) is 0 Å². The lowest BCUT2D eigenvalue weighted by Gasteiger charge is -1.76. The number of nitrogens with two attached hydrogens (primary N) is 1. The van der Waals surface area contributed by atoms with E-state index in [4.69, 9.17) is 0 Å². The normalized spacial score (nSPS) is 6.38. The predicted molar refractivity (Wildman–Crippen MR) is 38.0 cm³/mol. The maximum Gasteiger partial charge on any atom is 0.326 e. The molecule has 0 bridgehead atoms. The zero-order valence-corrected chi connectivity index (χ0v) is 6.34. The number of rotatable bonds is 0. The van der Waals surface area contributed by atoms with Gasteiger partial charge < -0.3 is 5.73 Å². The van der Waals surface area contributed by atoms with Crippen LogP contribution >= 0.6 is 23.5 Å². The van der Waals surface area contributed by atoms with Crippen LogP contribution in [0.1, 0.15) is 0 Å². The molecular weight excluding hydrogens is 148 g/mol. The van der Waals surface area contributed by atoms with Crippen molar-refractivity contribution in [3.8, 4) is 0 Å². The van der Waals surface area contributed by atoms with Crippen LogP contribution in [0.25, 0.3) is 0 Å². The molecule has 0 aromatic carbocycles. The van der Waals surface area contributed by atoms with Crippen molar-refractivity contribution in [3.63, 3.8) is 0 Å². The predicted octanol–water partition coefficient (Wildman–Crippen LogP) is 0.788. The van der Waals surface area contributed by atoms with E-state index in [1.54, 1.807) is 16.6 Å². The van der Waals surface area contributed by atoms with Gasteiger partial charge in [-0.25, -0.2) is 4.79 Å². The standard InChI is InChI=1S/C2H6S.CH3ClN2O/c1-3-2;2-4-1(3)5/h1-2H3;(H3,3,4,5). The van der Waals surface area contributed by atoms with Crippen molar-refractivity contribution in [2.45, 2.75) is 0 Å². The molecular formula is C3H9ClN2OS. The van der Waals surface area contributed by atoms with Crippen LogP contribution in [0.15, 0.2) is 0 Å². The second kappa shape index (κ2) is 10.0. The summed E-state index contributed by atoms with van der Waals surface area (Å²) in [6, 6.07) is -0.730. The fraction of sp³-hybridized carbons (Fsp3) is 0.667. The average Bonchev–Trinajstić information content (AvgIpc) is 1.69. The van der Waals surface area contributed by atoms with Gasteiger partial charge in [0.1, 0.15) is 0 Å². The summed E-state index contributed by atoms with van der Waals surface area (Å²) in [5.74, 6) is 0. The Balaban J connectivity index is 0. The molecule has 0 aliphatic carbocycles. The molecule has 0 atom stereocenters. The third-order valence-corrected chi connectivity index (χ3v) is 0.279. The van der Waals surface area contributed by atoms with E-state index < -0.39 is 6.03 Å². The second-order valence-corrected chi connectivity index (χ2v) is 1.87. The van der Waals surface area contributed by atoms with Crippen LogP contribution in [0.3, 0.4) is 0 Å². The van der Waals surface area contributed by atoms with E-state index in [0.29, 0.717) is 0 Å². The molecule has 0 saturated carbocycles. The molecule has 3 nitrogen and oxygen atoms in total. The lowest BCUT2D eigenvalue weighted by Crippen LogP contribution is -2.19. The molecule has 0 unspecified atom stereocenters. The summed E-state index contributed by atoms with van der Waals surface area (Å²) in [7, 11) is 0. The number of urea groups is 1. The van der Waals surface area contributed by atoms with Gasteiger partial charge >= 0.3 is 6.03 Å². The molecule has 0 aliphatic rings. The number of carbonyl (C=O) groups excluding carboxylic acids is 1. The maximum absolute atomic E-state index is 9.35. The van der Waals surface area contributed by atoms with E-state index >= 15 is 0 Å². The number of hydrogen-bond acceptors (Lipinski definition) is 2. The Bertz CT molecular complexity index is 61.2. The van der Waals surface area contributed by atoms with E-state index in [-0.39, 0.29) is 0 Å². The third-order valence-electron chi connectivity index (χ3n) is 0.0931.